The largest absolute Gasteiger partial charge is 0.429 e. The first-order chi connectivity index (χ1) is 16.1. The zero-order valence-electron chi connectivity index (χ0n) is 18.2. The van der Waals surface area contributed by atoms with E-state index in [1.54, 1.807) is 0 Å². The van der Waals surface area contributed by atoms with Crippen LogP contribution in [0.25, 0.3) is 11.1 Å². The fraction of sp³-hybridized carbons (Fsp3) is 0.308. The van der Waals surface area contributed by atoms with Crippen LogP contribution in [0.4, 0.5) is 30.7 Å². The van der Waals surface area contributed by atoms with Gasteiger partial charge in [0, 0.05) is 17.7 Å². The van der Waals surface area contributed by atoms with Gasteiger partial charge in [-0.15, -0.1) is 0 Å². The number of halogens is 7. The Hall–Kier alpha value is -3.03. The van der Waals surface area contributed by atoms with Crippen molar-refractivity contribution in [3.8, 4) is 16.9 Å². The van der Waals surface area contributed by atoms with E-state index in [1.807, 2.05) is 0 Å². The third kappa shape index (κ3) is 4.76. The molecule has 0 unspecified atom stereocenters. The van der Waals surface area contributed by atoms with Crippen LogP contribution in [0.3, 0.4) is 0 Å². The van der Waals surface area contributed by atoms with Gasteiger partial charge in [0.05, 0.1) is 5.56 Å². The fourth-order valence-corrected chi connectivity index (χ4v) is 4.32. The normalized spacial score (nSPS) is 18.7. The number of benzene rings is 3. The second-order valence-corrected chi connectivity index (χ2v) is 8.68. The summed E-state index contributed by atoms with van der Waals surface area (Å²) in [4.78, 5) is 0. The molecule has 3 aromatic carbocycles. The van der Waals surface area contributed by atoms with Gasteiger partial charge in [-0.2, -0.15) is 8.78 Å². The quantitative estimate of drug-likeness (QED) is 0.262. The molecule has 0 spiro atoms. The van der Waals surface area contributed by atoms with Crippen LogP contribution in [0.15, 0.2) is 48.5 Å². The molecule has 180 valence electrons. The molecule has 1 aliphatic rings. The standard InChI is InChI=1S/C26H21F7O/c1-14-2-4-15(5-3-14)19-10-11-20(24(30)23(19)29)16-6-8-17(9-7-16)26(32,33)34-18-12-21(27)25(31)22(28)13-18/h6-15H,2-5H2,1H3. The molecule has 0 saturated heterocycles. The van der Waals surface area contributed by atoms with E-state index in [2.05, 4.69) is 11.7 Å². The van der Waals surface area contributed by atoms with Crippen molar-refractivity contribution in [3.63, 3.8) is 0 Å². The Bertz CT molecular complexity index is 1160. The average molecular weight is 482 g/mol. The third-order valence-electron chi connectivity index (χ3n) is 6.30. The Morgan fingerprint density at radius 2 is 1.32 bits per heavy atom. The van der Waals surface area contributed by atoms with Gasteiger partial charge >= 0.3 is 6.11 Å². The van der Waals surface area contributed by atoms with E-state index in [1.165, 1.54) is 12.1 Å². The molecule has 1 fully saturated rings. The van der Waals surface area contributed by atoms with Crippen molar-refractivity contribution >= 4 is 0 Å². The minimum Gasteiger partial charge on any atom is -0.429 e. The van der Waals surface area contributed by atoms with E-state index >= 15 is 0 Å². The van der Waals surface area contributed by atoms with E-state index < -0.39 is 46.5 Å². The highest BCUT2D eigenvalue weighted by Crippen LogP contribution is 2.39. The third-order valence-corrected chi connectivity index (χ3v) is 6.30. The average Bonchev–Trinajstić information content (AvgIpc) is 2.80. The van der Waals surface area contributed by atoms with E-state index in [0.29, 0.717) is 23.6 Å². The van der Waals surface area contributed by atoms with Crippen molar-refractivity contribution in [2.45, 2.75) is 44.6 Å². The van der Waals surface area contributed by atoms with Crippen LogP contribution in [0.1, 0.15) is 49.7 Å². The molecule has 1 saturated carbocycles. The lowest BCUT2D eigenvalue weighted by Gasteiger charge is -2.27. The van der Waals surface area contributed by atoms with Crippen molar-refractivity contribution in [1.82, 2.24) is 0 Å². The van der Waals surface area contributed by atoms with Crippen molar-refractivity contribution in [2.75, 3.05) is 0 Å². The summed E-state index contributed by atoms with van der Waals surface area (Å²) >= 11 is 0. The Morgan fingerprint density at radius 3 is 1.91 bits per heavy atom. The summed E-state index contributed by atoms with van der Waals surface area (Å²) in [7, 11) is 0. The van der Waals surface area contributed by atoms with Crippen molar-refractivity contribution in [3.05, 3.63) is 88.7 Å². The molecule has 1 aliphatic carbocycles. The maximum absolute atomic E-state index is 14.9. The molecular formula is C26H21F7O. The summed E-state index contributed by atoms with van der Waals surface area (Å²) in [5.41, 5.74) is -0.291. The lowest BCUT2D eigenvalue weighted by molar-refractivity contribution is -0.185. The molecule has 3 aromatic rings. The molecule has 8 heteroatoms. The molecule has 0 aromatic heterocycles. The SMILES string of the molecule is CC1CCC(c2ccc(-c3ccc(C(F)(F)Oc4cc(F)c(F)c(F)c4)cc3)c(F)c2F)CC1. The Labute approximate surface area is 192 Å². The van der Waals surface area contributed by atoms with Crippen LogP contribution in [-0.4, -0.2) is 0 Å². The zero-order valence-corrected chi connectivity index (χ0v) is 18.2. The predicted molar refractivity (Wildman–Crippen MR) is 113 cm³/mol. The van der Waals surface area contributed by atoms with Crippen LogP contribution >= 0.6 is 0 Å². The topological polar surface area (TPSA) is 9.23 Å². The molecule has 1 nitrogen and oxygen atoms in total. The van der Waals surface area contributed by atoms with Crippen LogP contribution in [0.5, 0.6) is 5.75 Å². The molecule has 0 radical (unpaired) electrons. The first kappa shape index (κ1) is 24.1. The van der Waals surface area contributed by atoms with E-state index in [4.69, 9.17) is 0 Å². The predicted octanol–water partition coefficient (Wildman–Crippen LogP) is 8.47. The highest BCUT2D eigenvalue weighted by atomic mass is 19.3. The molecule has 0 aliphatic heterocycles. The molecule has 0 N–H and O–H groups in total. The number of hydrogen-bond acceptors (Lipinski definition) is 1. The fourth-order valence-electron chi connectivity index (χ4n) is 4.32. The van der Waals surface area contributed by atoms with Gasteiger partial charge in [-0.05, 0) is 47.9 Å². The van der Waals surface area contributed by atoms with E-state index in [-0.39, 0.29) is 17.0 Å². The molecule has 0 amide bonds. The monoisotopic (exact) mass is 482 g/mol. The van der Waals surface area contributed by atoms with Gasteiger partial charge in [-0.3, -0.25) is 0 Å². The van der Waals surface area contributed by atoms with Gasteiger partial charge < -0.3 is 4.74 Å². The molecule has 0 atom stereocenters. The van der Waals surface area contributed by atoms with Crippen molar-refractivity contribution in [1.29, 1.82) is 0 Å². The van der Waals surface area contributed by atoms with Gasteiger partial charge in [0.15, 0.2) is 29.1 Å². The minimum atomic E-state index is -4.03. The van der Waals surface area contributed by atoms with Crippen LogP contribution < -0.4 is 4.74 Å². The molecular weight excluding hydrogens is 461 g/mol. The highest BCUT2D eigenvalue weighted by molar-refractivity contribution is 5.65. The first-order valence-electron chi connectivity index (χ1n) is 10.9. The molecule has 4 rings (SSSR count). The minimum absolute atomic E-state index is 0.0564. The number of alkyl halides is 2. The lowest BCUT2D eigenvalue weighted by Crippen LogP contribution is -2.22. The van der Waals surface area contributed by atoms with Crippen molar-refractivity contribution in [2.24, 2.45) is 5.92 Å². The van der Waals surface area contributed by atoms with Crippen molar-refractivity contribution < 1.29 is 35.5 Å². The van der Waals surface area contributed by atoms with Gasteiger partial charge in [0.2, 0.25) is 0 Å². The first-order valence-corrected chi connectivity index (χ1v) is 10.9. The van der Waals surface area contributed by atoms with E-state index in [0.717, 1.165) is 49.9 Å². The summed E-state index contributed by atoms with van der Waals surface area (Å²) in [5.74, 6) is -7.55. The maximum atomic E-state index is 14.9. The Morgan fingerprint density at radius 1 is 0.735 bits per heavy atom. The van der Waals surface area contributed by atoms with Crippen LogP contribution in [-0.2, 0) is 6.11 Å². The highest BCUT2D eigenvalue weighted by Gasteiger charge is 2.35. The Kier molecular flexibility index (Phi) is 6.60. The Balaban J connectivity index is 1.55. The summed E-state index contributed by atoms with van der Waals surface area (Å²) in [5, 5.41) is 0. The smallest absolute Gasteiger partial charge is 0.426 e. The molecule has 34 heavy (non-hydrogen) atoms. The summed E-state index contributed by atoms with van der Waals surface area (Å²) in [6, 6.07) is 7.76. The maximum Gasteiger partial charge on any atom is 0.426 e. The van der Waals surface area contributed by atoms with Gasteiger partial charge in [0.25, 0.3) is 0 Å². The summed E-state index contributed by atoms with van der Waals surface area (Å²) in [6.07, 6.45) is -0.573. The summed E-state index contributed by atoms with van der Waals surface area (Å²) < 4.78 is 103. The zero-order chi connectivity index (χ0) is 24.6. The van der Waals surface area contributed by atoms with E-state index in [9.17, 15) is 30.7 Å². The number of hydrogen-bond donors (Lipinski definition) is 0. The molecule has 0 heterocycles. The second kappa shape index (κ2) is 9.31. The number of ether oxygens (including phenoxy) is 1. The van der Waals surface area contributed by atoms with Crippen LogP contribution in [0.2, 0.25) is 0 Å². The van der Waals surface area contributed by atoms with Gasteiger partial charge in [-0.1, -0.05) is 44.0 Å². The number of rotatable bonds is 5. The lowest BCUT2D eigenvalue weighted by atomic mass is 9.79. The van der Waals surface area contributed by atoms with Crippen LogP contribution in [0, 0.1) is 35.0 Å². The molecule has 0 bridgehead atoms. The second-order valence-electron chi connectivity index (χ2n) is 8.68. The van der Waals surface area contributed by atoms with Gasteiger partial charge in [0.1, 0.15) is 5.75 Å². The van der Waals surface area contributed by atoms with Gasteiger partial charge in [-0.25, -0.2) is 22.0 Å². The summed E-state index contributed by atoms with van der Waals surface area (Å²) in [6.45, 7) is 2.13.